The Morgan fingerprint density at radius 3 is 2.13 bits per heavy atom. The number of nitrogens with one attached hydrogen (secondary N) is 1. The Kier molecular flexibility index (Phi) is 4.15. The Hall–Kier alpha value is -1.52. The second-order valence-corrected chi connectivity index (χ2v) is 3.22. The normalized spacial score (nSPS) is 15.2. The molecule has 1 fully saturated rings. The van der Waals surface area contributed by atoms with Gasteiger partial charge < -0.3 is 14.8 Å². The van der Waals surface area contributed by atoms with Gasteiger partial charge in [0.1, 0.15) is 0 Å². The number of carbonyl (C=O) groups excluding carboxylic acids is 2. The average Bonchev–Trinajstić information content (AvgIpc) is 2.30. The summed E-state index contributed by atoms with van der Waals surface area (Å²) in [5.41, 5.74) is 0.611. The molecule has 1 heterocycles. The quantitative estimate of drug-likeness (QED) is 0.310. The highest BCUT2D eigenvalue weighted by atomic mass is 16.5. The third-order valence-corrected chi connectivity index (χ3v) is 2.27. The van der Waals surface area contributed by atoms with Crippen molar-refractivity contribution in [2.24, 2.45) is 0 Å². The van der Waals surface area contributed by atoms with Crippen LogP contribution in [0.1, 0.15) is 19.3 Å². The summed E-state index contributed by atoms with van der Waals surface area (Å²) in [5.74, 6) is -1.29. The monoisotopic (exact) mass is 213 g/mol. The van der Waals surface area contributed by atoms with E-state index in [1.807, 2.05) is 0 Å². The predicted molar refractivity (Wildman–Crippen MR) is 52.9 cm³/mol. The van der Waals surface area contributed by atoms with E-state index in [2.05, 4.69) is 14.8 Å². The molecule has 0 atom stereocenters. The molecule has 5 nitrogen and oxygen atoms in total. The van der Waals surface area contributed by atoms with Crippen LogP contribution in [-0.2, 0) is 19.1 Å². The number of esters is 2. The molecule has 1 aliphatic rings. The number of rotatable bonds is 2. The average molecular weight is 213 g/mol. The van der Waals surface area contributed by atoms with Crippen LogP contribution in [0.3, 0.4) is 0 Å². The van der Waals surface area contributed by atoms with Gasteiger partial charge in [0.25, 0.3) is 0 Å². The van der Waals surface area contributed by atoms with Crippen LogP contribution < -0.4 is 5.32 Å². The largest absolute Gasteiger partial charge is 0.465 e. The van der Waals surface area contributed by atoms with Crippen molar-refractivity contribution < 1.29 is 19.1 Å². The van der Waals surface area contributed by atoms with Crippen LogP contribution in [0.5, 0.6) is 0 Å². The Morgan fingerprint density at radius 2 is 1.73 bits per heavy atom. The highest BCUT2D eigenvalue weighted by molar-refractivity contribution is 6.14. The van der Waals surface area contributed by atoms with Crippen molar-refractivity contribution in [3.8, 4) is 0 Å². The van der Waals surface area contributed by atoms with Crippen LogP contribution in [0.25, 0.3) is 0 Å². The first-order valence-corrected chi connectivity index (χ1v) is 4.84. The fourth-order valence-electron chi connectivity index (χ4n) is 1.50. The smallest absolute Gasteiger partial charge is 0.347 e. The molecule has 0 radical (unpaired) electrons. The predicted octanol–water partition coefficient (Wildman–Crippen LogP) is 0.360. The number of methoxy groups -OCH3 is 2. The maximum Gasteiger partial charge on any atom is 0.347 e. The van der Waals surface area contributed by atoms with E-state index in [1.165, 1.54) is 14.2 Å². The SMILES string of the molecule is COC(=O)C(C(=O)OC)=C1CCCCN1. The van der Waals surface area contributed by atoms with Crippen molar-refractivity contribution >= 4 is 11.9 Å². The number of hydrogen-bond acceptors (Lipinski definition) is 5. The van der Waals surface area contributed by atoms with Crippen molar-refractivity contribution in [1.29, 1.82) is 0 Å². The van der Waals surface area contributed by atoms with Gasteiger partial charge in [-0.1, -0.05) is 0 Å². The molecule has 0 amide bonds. The first kappa shape index (κ1) is 11.6. The van der Waals surface area contributed by atoms with E-state index >= 15 is 0 Å². The van der Waals surface area contributed by atoms with E-state index in [0.717, 1.165) is 19.4 Å². The third-order valence-electron chi connectivity index (χ3n) is 2.27. The molecular formula is C10H15NO4. The van der Waals surface area contributed by atoms with Crippen molar-refractivity contribution in [2.45, 2.75) is 19.3 Å². The van der Waals surface area contributed by atoms with E-state index in [9.17, 15) is 9.59 Å². The van der Waals surface area contributed by atoms with Gasteiger partial charge in [0.2, 0.25) is 0 Å². The lowest BCUT2D eigenvalue weighted by Gasteiger charge is -2.18. The topological polar surface area (TPSA) is 64.6 Å². The third kappa shape index (κ3) is 2.71. The number of carbonyl (C=O) groups is 2. The van der Waals surface area contributed by atoms with E-state index < -0.39 is 11.9 Å². The molecule has 84 valence electrons. The number of ether oxygens (including phenoxy) is 2. The Morgan fingerprint density at radius 1 is 1.13 bits per heavy atom. The summed E-state index contributed by atoms with van der Waals surface area (Å²) in [4.78, 5) is 22.8. The summed E-state index contributed by atoms with van der Waals surface area (Å²) < 4.78 is 9.10. The van der Waals surface area contributed by atoms with Gasteiger partial charge in [-0.05, 0) is 19.3 Å². The standard InChI is InChI=1S/C10H15NO4/c1-14-9(12)8(10(13)15-2)7-5-3-4-6-11-7/h11H,3-6H2,1-2H3. The molecule has 1 aliphatic heterocycles. The maximum atomic E-state index is 11.4. The fourth-order valence-corrected chi connectivity index (χ4v) is 1.50. The lowest BCUT2D eigenvalue weighted by molar-refractivity contribution is -0.144. The first-order valence-electron chi connectivity index (χ1n) is 4.84. The highest BCUT2D eigenvalue weighted by Gasteiger charge is 2.25. The van der Waals surface area contributed by atoms with Crippen molar-refractivity contribution in [3.63, 3.8) is 0 Å². The number of allylic oxidation sites excluding steroid dienone is 1. The van der Waals surface area contributed by atoms with Gasteiger partial charge in [-0.25, -0.2) is 9.59 Å². The molecule has 0 spiro atoms. The number of piperidine rings is 1. The molecule has 0 aromatic rings. The summed E-state index contributed by atoms with van der Waals surface area (Å²) in [7, 11) is 2.49. The molecule has 1 N–H and O–H groups in total. The second kappa shape index (κ2) is 5.38. The molecule has 1 saturated heterocycles. The minimum Gasteiger partial charge on any atom is -0.465 e. The van der Waals surface area contributed by atoms with E-state index in [-0.39, 0.29) is 5.57 Å². The summed E-state index contributed by atoms with van der Waals surface area (Å²) in [6, 6.07) is 0. The van der Waals surface area contributed by atoms with Crippen LogP contribution in [0.2, 0.25) is 0 Å². The maximum absolute atomic E-state index is 11.4. The van der Waals surface area contributed by atoms with E-state index in [1.54, 1.807) is 0 Å². The van der Waals surface area contributed by atoms with Crippen LogP contribution >= 0.6 is 0 Å². The van der Waals surface area contributed by atoms with Crippen molar-refractivity contribution in [3.05, 3.63) is 11.3 Å². The summed E-state index contributed by atoms with van der Waals surface area (Å²) in [6.07, 6.45) is 2.68. The van der Waals surface area contributed by atoms with Gasteiger partial charge in [0.15, 0.2) is 5.57 Å². The minimum absolute atomic E-state index is 0.0142. The van der Waals surface area contributed by atoms with Crippen LogP contribution in [0.15, 0.2) is 11.3 Å². The molecule has 15 heavy (non-hydrogen) atoms. The van der Waals surface area contributed by atoms with Gasteiger partial charge in [-0.15, -0.1) is 0 Å². The van der Waals surface area contributed by atoms with Gasteiger partial charge in [0, 0.05) is 12.2 Å². The van der Waals surface area contributed by atoms with Crippen LogP contribution in [0.4, 0.5) is 0 Å². The molecule has 0 aliphatic carbocycles. The summed E-state index contributed by atoms with van der Waals surface area (Å²) in [6.45, 7) is 0.771. The van der Waals surface area contributed by atoms with Crippen molar-refractivity contribution in [1.82, 2.24) is 5.32 Å². The second-order valence-electron chi connectivity index (χ2n) is 3.22. The van der Waals surface area contributed by atoms with Gasteiger partial charge in [-0.2, -0.15) is 0 Å². The zero-order valence-electron chi connectivity index (χ0n) is 8.96. The highest BCUT2D eigenvalue weighted by Crippen LogP contribution is 2.16. The molecular weight excluding hydrogens is 198 g/mol. The van der Waals surface area contributed by atoms with Crippen LogP contribution in [0, 0.1) is 0 Å². The van der Waals surface area contributed by atoms with E-state index in [0.29, 0.717) is 12.1 Å². The Labute approximate surface area is 88.4 Å². The van der Waals surface area contributed by atoms with Gasteiger partial charge >= 0.3 is 11.9 Å². The lowest BCUT2D eigenvalue weighted by Crippen LogP contribution is -2.28. The molecule has 0 aromatic carbocycles. The fraction of sp³-hybridized carbons (Fsp3) is 0.600. The molecule has 1 rings (SSSR count). The Bertz CT molecular complexity index is 270. The van der Waals surface area contributed by atoms with E-state index in [4.69, 9.17) is 0 Å². The first-order chi connectivity index (χ1) is 7.20. The van der Waals surface area contributed by atoms with Gasteiger partial charge in [0.05, 0.1) is 14.2 Å². The molecule has 0 saturated carbocycles. The molecule has 0 aromatic heterocycles. The van der Waals surface area contributed by atoms with Crippen molar-refractivity contribution in [2.75, 3.05) is 20.8 Å². The van der Waals surface area contributed by atoms with Crippen LogP contribution in [-0.4, -0.2) is 32.7 Å². The Balaban J connectivity index is 2.96. The molecule has 0 unspecified atom stereocenters. The minimum atomic E-state index is -0.647. The van der Waals surface area contributed by atoms with Gasteiger partial charge in [-0.3, -0.25) is 0 Å². The molecule has 0 bridgehead atoms. The zero-order chi connectivity index (χ0) is 11.3. The summed E-state index contributed by atoms with van der Waals surface area (Å²) >= 11 is 0. The number of hydrogen-bond donors (Lipinski definition) is 1. The lowest BCUT2D eigenvalue weighted by atomic mass is 10.0. The molecule has 5 heteroatoms. The summed E-state index contributed by atoms with van der Waals surface area (Å²) in [5, 5.41) is 3.03. The zero-order valence-corrected chi connectivity index (χ0v) is 8.96.